The summed E-state index contributed by atoms with van der Waals surface area (Å²) in [6, 6.07) is 35.2. The smallest absolute Gasteiger partial charge is 0.253 e. The molecule has 44 heavy (non-hydrogen) atoms. The quantitative estimate of drug-likeness (QED) is 0.153. The zero-order valence-corrected chi connectivity index (χ0v) is 26.5. The molecule has 0 radical (unpaired) electrons. The molecule has 1 saturated heterocycles. The summed E-state index contributed by atoms with van der Waals surface area (Å²) >= 11 is 12.8. The average molecular weight is 632 g/mol. The molecule has 4 aromatic rings. The van der Waals surface area contributed by atoms with Gasteiger partial charge in [0.2, 0.25) is 0 Å². The van der Waals surface area contributed by atoms with Crippen LogP contribution in [0.4, 0.5) is 0 Å². The number of rotatable bonds is 13. The van der Waals surface area contributed by atoms with Crippen molar-refractivity contribution in [1.82, 2.24) is 9.80 Å². The highest BCUT2D eigenvalue weighted by molar-refractivity contribution is 6.42. The van der Waals surface area contributed by atoms with E-state index in [1.165, 1.54) is 0 Å². The second-order valence-electron chi connectivity index (χ2n) is 11.6. The van der Waals surface area contributed by atoms with Gasteiger partial charge in [-0.25, -0.2) is 0 Å². The highest BCUT2D eigenvalue weighted by Gasteiger charge is 2.34. The van der Waals surface area contributed by atoms with Crippen molar-refractivity contribution in [2.24, 2.45) is 0 Å². The number of benzene rings is 4. The van der Waals surface area contributed by atoms with Crippen molar-refractivity contribution in [3.8, 4) is 0 Å². The van der Waals surface area contributed by atoms with Crippen LogP contribution in [-0.4, -0.2) is 60.1 Å². The van der Waals surface area contributed by atoms with E-state index >= 15 is 0 Å². The van der Waals surface area contributed by atoms with Gasteiger partial charge in [0.15, 0.2) is 0 Å². The van der Waals surface area contributed by atoms with Gasteiger partial charge >= 0.3 is 0 Å². The van der Waals surface area contributed by atoms with Gasteiger partial charge in [-0.1, -0.05) is 108 Å². The number of amides is 1. The third kappa shape index (κ3) is 8.71. The van der Waals surface area contributed by atoms with Gasteiger partial charge < -0.3 is 19.6 Å². The summed E-state index contributed by atoms with van der Waals surface area (Å²) in [6.45, 7) is 4.35. The Bertz CT molecular complexity index is 1460. The molecule has 0 aromatic heterocycles. The molecule has 0 aliphatic carbocycles. The molecule has 0 spiro atoms. The fraction of sp³-hybridized carbons (Fsp3) is 0.324. The van der Waals surface area contributed by atoms with E-state index in [1.807, 2.05) is 114 Å². The van der Waals surface area contributed by atoms with Crippen molar-refractivity contribution < 1.29 is 14.6 Å². The normalized spacial score (nSPS) is 15.5. The molecule has 1 aliphatic rings. The number of hydrogen-bond acceptors (Lipinski definition) is 4. The van der Waals surface area contributed by atoms with Crippen molar-refractivity contribution in [2.75, 3.05) is 39.3 Å². The number of carbonyl (C=O) groups is 1. The SMILES string of the molecule is O=C(c1ccccc1)N(CCOCc1ccccc1)CC(CCN1CCC(O)(c2ccccc2)CC1)c1ccc(Cl)c(Cl)c1. The first kappa shape index (κ1) is 32.2. The van der Waals surface area contributed by atoms with Gasteiger partial charge in [0.05, 0.1) is 28.9 Å². The lowest BCUT2D eigenvalue weighted by Gasteiger charge is -2.39. The van der Waals surface area contributed by atoms with Crippen LogP contribution in [0, 0.1) is 0 Å². The molecule has 1 amide bonds. The van der Waals surface area contributed by atoms with Crippen LogP contribution in [0.5, 0.6) is 0 Å². The lowest BCUT2D eigenvalue weighted by molar-refractivity contribution is -0.0264. The number of aliphatic hydroxyl groups is 1. The first-order chi connectivity index (χ1) is 21.4. The van der Waals surface area contributed by atoms with Crippen LogP contribution in [0.2, 0.25) is 10.0 Å². The van der Waals surface area contributed by atoms with Crippen LogP contribution in [-0.2, 0) is 16.9 Å². The lowest BCUT2D eigenvalue weighted by atomic mass is 9.84. The number of hydrogen-bond donors (Lipinski definition) is 1. The second-order valence-corrected chi connectivity index (χ2v) is 12.4. The Morgan fingerprint density at radius 1 is 0.864 bits per heavy atom. The summed E-state index contributed by atoms with van der Waals surface area (Å²) < 4.78 is 6.01. The molecule has 1 N–H and O–H groups in total. The van der Waals surface area contributed by atoms with Crippen LogP contribution in [0.3, 0.4) is 0 Å². The zero-order chi connectivity index (χ0) is 30.8. The third-order valence-corrected chi connectivity index (χ3v) is 9.31. The molecule has 7 heteroatoms. The minimum atomic E-state index is -0.792. The van der Waals surface area contributed by atoms with Crippen LogP contribution in [0.25, 0.3) is 0 Å². The highest BCUT2D eigenvalue weighted by atomic mass is 35.5. The summed E-state index contributed by atoms with van der Waals surface area (Å²) in [5.41, 5.74) is 2.99. The minimum absolute atomic E-state index is 0.0233. The van der Waals surface area contributed by atoms with E-state index in [0.29, 0.717) is 54.8 Å². The number of piperidine rings is 1. The number of ether oxygens (including phenoxy) is 1. The Hall–Kier alpha value is -3.19. The van der Waals surface area contributed by atoms with Gasteiger partial charge in [0.25, 0.3) is 5.91 Å². The number of likely N-dealkylation sites (tertiary alicyclic amines) is 1. The molecule has 1 unspecified atom stereocenters. The number of nitrogens with zero attached hydrogens (tertiary/aromatic N) is 2. The predicted octanol–water partition coefficient (Wildman–Crippen LogP) is 7.81. The van der Waals surface area contributed by atoms with Gasteiger partial charge in [0.1, 0.15) is 0 Å². The van der Waals surface area contributed by atoms with Gasteiger partial charge in [-0.2, -0.15) is 0 Å². The highest BCUT2D eigenvalue weighted by Crippen LogP contribution is 2.34. The Labute approximate surface area is 271 Å². The van der Waals surface area contributed by atoms with Crippen molar-refractivity contribution in [1.29, 1.82) is 0 Å². The minimum Gasteiger partial charge on any atom is -0.385 e. The maximum atomic E-state index is 13.8. The topological polar surface area (TPSA) is 53.0 Å². The largest absolute Gasteiger partial charge is 0.385 e. The van der Waals surface area contributed by atoms with Crippen LogP contribution in [0.15, 0.2) is 109 Å². The molecule has 230 valence electrons. The molecule has 1 aliphatic heterocycles. The summed E-state index contributed by atoms with van der Waals surface area (Å²) in [4.78, 5) is 18.1. The van der Waals surface area contributed by atoms with E-state index in [2.05, 4.69) is 4.90 Å². The summed E-state index contributed by atoms with van der Waals surface area (Å²) in [7, 11) is 0. The number of halogens is 2. The van der Waals surface area contributed by atoms with Crippen molar-refractivity contribution in [2.45, 2.75) is 37.4 Å². The van der Waals surface area contributed by atoms with E-state index in [9.17, 15) is 9.90 Å². The summed E-state index contributed by atoms with van der Waals surface area (Å²) in [5.74, 6) is 0.00588. The standard InChI is InChI=1S/C37H40Cl2N2O3/c38-34-17-16-31(26-35(34)39)32(18-21-40-22-19-37(43,20-23-40)33-14-8-3-9-15-33)27-41(36(42)30-12-6-2-7-13-30)24-25-44-28-29-10-4-1-5-11-29/h1-17,26,32,43H,18-25,27-28H2. The van der Waals surface area contributed by atoms with E-state index in [4.69, 9.17) is 27.9 Å². The van der Waals surface area contributed by atoms with Crippen LogP contribution < -0.4 is 0 Å². The Balaban J connectivity index is 1.28. The molecular weight excluding hydrogens is 591 g/mol. The maximum Gasteiger partial charge on any atom is 0.253 e. The molecule has 4 aromatic carbocycles. The zero-order valence-electron chi connectivity index (χ0n) is 25.0. The van der Waals surface area contributed by atoms with Crippen LogP contribution >= 0.6 is 23.2 Å². The van der Waals surface area contributed by atoms with Gasteiger partial charge in [0, 0.05) is 37.7 Å². The second kappa shape index (κ2) is 15.7. The van der Waals surface area contributed by atoms with Crippen molar-refractivity contribution in [3.63, 3.8) is 0 Å². The Morgan fingerprint density at radius 2 is 1.50 bits per heavy atom. The molecule has 5 rings (SSSR count). The molecule has 1 heterocycles. The number of carbonyl (C=O) groups excluding carboxylic acids is 1. The monoisotopic (exact) mass is 630 g/mol. The van der Waals surface area contributed by atoms with E-state index in [0.717, 1.165) is 42.7 Å². The first-order valence-corrected chi connectivity index (χ1v) is 16.1. The van der Waals surface area contributed by atoms with Gasteiger partial charge in [-0.3, -0.25) is 4.79 Å². The molecule has 1 fully saturated rings. The fourth-order valence-electron chi connectivity index (χ4n) is 5.90. The lowest BCUT2D eigenvalue weighted by Crippen LogP contribution is -2.43. The van der Waals surface area contributed by atoms with Crippen molar-refractivity contribution in [3.05, 3.63) is 141 Å². The Morgan fingerprint density at radius 3 is 2.16 bits per heavy atom. The van der Waals surface area contributed by atoms with Gasteiger partial charge in [-0.15, -0.1) is 0 Å². The first-order valence-electron chi connectivity index (χ1n) is 15.3. The molecule has 5 nitrogen and oxygen atoms in total. The summed E-state index contributed by atoms with van der Waals surface area (Å²) in [5, 5.41) is 12.3. The van der Waals surface area contributed by atoms with Crippen LogP contribution in [0.1, 0.15) is 52.2 Å². The Kier molecular flexibility index (Phi) is 11.5. The van der Waals surface area contributed by atoms with E-state index in [-0.39, 0.29) is 11.8 Å². The average Bonchev–Trinajstić information content (AvgIpc) is 3.07. The molecule has 1 atom stereocenters. The third-order valence-electron chi connectivity index (χ3n) is 8.57. The van der Waals surface area contributed by atoms with Crippen molar-refractivity contribution >= 4 is 29.1 Å². The van der Waals surface area contributed by atoms with E-state index in [1.54, 1.807) is 0 Å². The maximum absolute atomic E-state index is 13.8. The van der Waals surface area contributed by atoms with Gasteiger partial charge in [-0.05, 0) is 66.8 Å². The van der Waals surface area contributed by atoms with E-state index < -0.39 is 5.60 Å². The molecular formula is C37H40Cl2N2O3. The molecule has 0 bridgehead atoms. The molecule has 0 saturated carbocycles. The predicted molar refractivity (Wildman–Crippen MR) is 178 cm³/mol. The summed E-state index contributed by atoms with van der Waals surface area (Å²) in [6.07, 6.45) is 2.20. The fourth-order valence-corrected chi connectivity index (χ4v) is 6.20.